The van der Waals surface area contributed by atoms with Gasteiger partial charge >= 0.3 is 6.03 Å². The molecule has 2 aromatic rings. The van der Waals surface area contributed by atoms with Gasteiger partial charge in [-0.3, -0.25) is 5.32 Å². The van der Waals surface area contributed by atoms with E-state index >= 15 is 0 Å². The van der Waals surface area contributed by atoms with Crippen molar-refractivity contribution in [3.63, 3.8) is 0 Å². The van der Waals surface area contributed by atoms with Gasteiger partial charge in [0.1, 0.15) is 6.07 Å². The minimum absolute atomic E-state index is 0.228. The van der Waals surface area contributed by atoms with Crippen LogP contribution in [-0.4, -0.2) is 51.6 Å². The Morgan fingerprint density at radius 3 is 2.85 bits per heavy atom. The molecule has 0 bridgehead atoms. The largest absolute Gasteiger partial charge is 0.389 e. The molecule has 136 valence electrons. The summed E-state index contributed by atoms with van der Waals surface area (Å²) in [5.41, 5.74) is 1.16. The maximum absolute atomic E-state index is 12.2. The Kier molecular flexibility index (Phi) is 5.29. The number of nitrogens with zero attached hydrogens (tertiary/aromatic N) is 5. The summed E-state index contributed by atoms with van der Waals surface area (Å²) in [6.45, 7) is 4.79. The fourth-order valence-electron chi connectivity index (χ4n) is 2.58. The number of nitriles is 1. The SMILES string of the molecule is CC(C)c1csc(NC(=O)N[C@@H]2CN(c3ccc(C#N)nn3)C[C@H]2O)n1. The maximum Gasteiger partial charge on any atom is 0.321 e. The van der Waals surface area contributed by atoms with Crippen molar-refractivity contribution in [2.75, 3.05) is 23.3 Å². The highest BCUT2D eigenvalue weighted by molar-refractivity contribution is 7.13. The van der Waals surface area contributed by atoms with E-state index in [0.29, 0.717) is 30.0 Å². The molecule has 9 nitrogen and oxygen atoms in total. The molecular weight excluding hydrogens is 354 g/mol. The van der Waals surface area contributed by atoms with Crippen LogP contribution >= 0.6 is 11.3 Å². The van der Waals surface area contributed by atoms with Crippen LogP contribution in [0.5, 0.6) is 0 Å². The number of aliphatic hydroxyl groups excluding tert-OH is 1. The standard InChI is InChI=1S/C16H19N7O2S/c1-9(2)12-8-26-16(19-12)20-15(25)18-11-6-23(7-13(11)24)14-4-3-10(5-17)21-22-14/h3-4,8-9,11,13,24H,6-7H2,1-2H3,(H2,18,19,20,25)/t11-,13-/m1/s1. The number of aliphatic hydroxyl groups is 1. The van der Waals surface area contributed by atoms with Crippen molar-refractivity contribution >= 4 is 28.3 Å². The van der Waals surface area contributed by atoms with Crippen molar-refractivity contribution in [1.29, 1.82) is 5.26 Å². The number of anilines is 2. The van der Waals surface area contributed by atoms with E-state index in [1.165, 1.54) is 11.3 Å². The molecule has 1 aliphatic heterocycles. The monoisotopic (exact) mass is 373 g/mol. The van der Waals surface area contributed by atoms with Gasteiger partial charge in [0.05, 0.1) is 17.8 Å². The highest BCUT2D eigenvalue weighted by atomic mass is 32.1. The van der Waals surface area contributed by atoms with Crippen LogP contribution in [0, 0.1) is 11.3 Å². The van der Waals surface area contributed by atoms with E-state index in [1.807, 2.05) is 30.2 Å². The van der Waals surface area contributed by atoms with Crippen LogP contribution in [-0.2, 0) is 0 Å². The number of urea groups is 1. The van der Waals surface area contributed by atoms with E-state index in [9.17, 15) is 9.90 Å². The Morgan fingerprint density at radius 1 is 1.42 bits per heavy atom. The van der Waals surface area contributed by atoms with Gasteiger partial charge in [0.25, 0.3) is 0 Å². The number of carbonyl (C=O) groups is 1. The van der Waals surface area contributed by atoms with E-state index in [4.69, 9.17) is 5.26 Å². The van der Waals surface area contributed by atoms with E-state index in [1.54, 1.807) is 12.1 Å². The highest BCUT2D eigenvalue weighted by Crippen LogP contribution is 2.22. The second-order valence-electron chi connectivity index (χ2n) is 6.30. The molecule has 1 aliphatic rings. The summed E-state index contributed by atoms with van der Waals surface area (Å²) in [5, 5.41) is 34.6. The van der Waals surface area contributed by atoms with Gasteiger partial charge < -0.3 is 15.3 Å². The number of amides is 2. The van der Waals surface area contributed by atoms with Crippen molar-refractivity contribution < 1.29 is 9.90 Å². The van der Waals surface area contributed by atoms with Gasteiger partial charge in [0.2, 0.25) is 0 Å². The molecule has 0 radical (unpaired) electrons. The number of β-amino-alcohol motifs (C(OH)–C–C–N with tert-alkyl or cyclic N) is 1. The molecule has 2 amide bonds. The fourth-order valence-corrected chi connectivity index (χ4v) is 3.45. The molecule has 0 saturated carbocycles. The molecule has 0 aliphatic carbocycles. The minimum Gasteiger partial charge on any atom is -0.389 e. The minimum atomic E-state index is -0.735. The molecule has 0 aromatic carbocycles. The summed E-state index contributed by atoms with van der Waals surface area (Å²) in [7, 11) is 0. The maximum atomic E-state index is 12.2. The van der Waals surface area contributed by atoms with Gasteiger partial charge in [-0.05, 0) is 18.1 Å². The van der Waals surface area contributed by atoms with Crippen molar-refractivity contribution in [2.45, 2.75) is 31.9 Å². The Bertz CT molecular complexity index is 815. The average molecular weight is 373 g/mol. The third-order valence-corrected chi connectivity index (χ3v) is 4.80. The molecule has 3 rings (SSSR count). The molecule has 0 spiro atoms. The van der Waals surface area contributed by atoms with Gasteiger partial charge in [-0.15, -0.1) is 21.5 Å². The van der Waals surface area contributed by atoms with Gasteiger partial charge in [0, 0.05) is 18.5 Å². The normalized spacial score (nSPS) is 19.4. The number of hydrogen-bond donors (Lipinski definition) is 3. The average Bonchev–Trinajstić information content (AvgIpc) is 3.22. The van der Waals surface area contributed by atoms with Crippen molar-refractivity contribution in [2.24, 2.45) is 0 Å². The predicted octanol–water partition coefficient (Wildman–Crippen LogP) is 1.30. The number of nitrogens with one attached hydrogen (secondary N) is 2. The van der Waals surface area contributed by atoms with Crippen LogP contribution in [0.4, 0.5) is 15.7 Å². The van der Waals surface area contributed by atoms with Crippen LogP contribution in [0.3, 0.4) is 0 Å². The molecular formula is C16H19N7O2S. The lowest BCUT2D eigenvalue weighted by molar-refractivity contribution is 0.165. The first-order valence-corrected chi connectivity index (χ1v) is 9.04. The summed E-state index contributed by atoms with van der Waals surface area (Å²) < 4.78 is 0. The van der Waals surface area contributed by atoms with Crippen LogP contribution < -0.4 is 15.5 Å². The van der Waals surface area contributed by atoms with E-state index in [2.05, 4.69) is 25.8 Å². The highest BCUT2D eigenvalue weighted by Gasteiger charge is 2.33. The molecule has 1 fully saturated rings. The second kappa shape index (κ2) is 7.63. The van der Waals surface area contributed by atoms with Crippen LogP contribution in [0.15, 0.2) is 17.5 Å². The smallest absolute Gasteiger partial charge is 0.321 e. The zero-order chi connectivity index (χ0) is 18.7. The van der Waals surface area contributed by atoms with E-state index in [-0.39, 0.29) is 5.69 Å². The molecule has 1 saturated heterocycles. The lowest BCUT2D eigenvalue weighted by Gasteiger charge is -2.17. The zero-order valence-electron chi connectivity index (χ0n) is 14.4. The first-order chi connectivity index (χ1) is 12.5. The number of hydrogen-bond acceptors (Lipinski definition) is 8. The van der Waals surface area contributed by atoms with E-state index in [0.717, 1.165) is 5.69 Å². The predicted molar refractivity (Wildman–Crippen MR) is 97.1 cm³/mol. The topological polar surface area (TPSA) is 127 Å². The Hall–Kier alpha value is -2.77. The van der Waals surface area contributed by atoms with Crippen LogP contribution in [0.25, 0.3) is 0 Å². The third-order valence-electron chi connectivity index (χ3n) is 4.03. The molecule has 10 heteroatoms. The number of rotatable bonds is 4. The number of aromatic nitrogens is 3. The second-order valence-corrected chi connectivity index (χ2v) is 7.16. The molecule has 0 unspecified atom stereocenters. The van der Waals surface area contributed by atoms with Gasteiger partial charge in [0.15, 0.2) is 16.6 Å². The zero-order valence-corrected chi connectivity index (χ0v) is 15.2. The van der Waals surface area contributed by atoms with Crippen LogP contribution in [0.1, 0.15) is 31.2 Å². The Balaban J connectivity index is 1.57. The Morgan fingerprint density at radius 2 is 2.23 bits per heavy atom. The molecule has 2 atom stereocenters. The van der Waals surface area contributed by atoms with Gasteiger partial charge in [-0.1, -0.05) is 13.8 Å². The van der Waals surface area contributed by atoms with E-state index < -0.39 is 18.2 Å². The summed E-state index contributed by atoms with van der Waals surface area (Å²) >= 11 is 1.37. The number of carbonyl (C=O) groups excluding carboxylic acids is 1. The summed E-state index contributed by atoms with van der Waals surface area (Å²) in [6, 6.07) is 4.29. The van der Waals surface area contributed by atoms with Crippen LogP contribution in [0.2, 0.25) is 0 Å². The lowest BCUT2D eigenvalue weighted by Crippen LogP contribution is -2.44. The molecule has 3 N–H and O–H groups in total. The first kappa shape index (κ1) is 18.0. The summed E-state index contributed by atoms with van der Waals surface area (Å²) in [5.74, 6) is 0.845. The first-order valence-electron chi connectivity index (χ1n) is 8.16. The third kappa shape index (κ3) is 4.07. The summed E-state index contributed by atoms with van der Waals surface area (Å²) in [4.78, 5) is 18.3. The summed E-state index contributed by atoms with van der Waals surface area (Å²) in [6.07, 6.45) is -0.735. The van der Waals surface area contributed by atoms with Crippen molar-refractivity contribution in [1.82, 2.24) is 20.5 Å². The van der Waals surface area contributed by atoms with Gasteiger partial charge in [-0.2, -0.15) is 5.26 Å². The molecule has 2 aromatic heterocycles. The van der Waals surface area contributed by atoms with Crippen molar-refractivity contribution in [3.8, 4) is 6.07 Å². The lowest BCUT2D eigenvalue weighted by atomic mass is 10.2. The fraction of sp³-hybridized carbons (Fsp3) is 0.438. The van der Waals surface area contributed by atoms with Crippen molar-refractivity contribution in [3.05, 3.63) is 28.9 Å². The quantitative estimate of drug-likeness (QED) is 0.737. The molecule has 26 heavy (non-hydrogen) atoms. The molecule has 3 heterocycles. The number of thiazole rings is 1. The Labute approximate surface area is 154 Å². The van der Waals surface area contributed by atoms with Gasteiger partial charge in [-0.25, -0.2) is 9.78 Å².